The number of thiol groups is 2. The monoisotopic (exact) mass is 336 g/mol. The van der Waals surface area contributed by atoms with Crippen LogP contribution in [0, 0.1) is 17.3 Å². The molecule has 2 aliphatic carbocycles. The van der Waals surface area contributed by atoms with Gasteiger partial charge in [0.15, 0.2) is 0 Å². The summed E-state index contributed by atoms with van der Waals surface area (Å²) in [6.07, 6.45) is 1.61. The van der Waals surface area contributed by atoms with Crippen LogP contribution in [0.1, 0.15) is 12.8 Å². The summed E-state index contributed by atoms with van der Waals surface area (Å²) < 4.78 is 0. The fourth-order valence-corrected chi connectivity index (χ4v) is 6.07. The second-order valence-electron chi connectivity index (χ2n) is 4.49. The second-order valence-corrected chi connectivity index (χ2v) is 7.09. The molecule has 0 aliphatic heterocycles. The summed E-state index contributed by atoms with van der Waals surface area (Å²) in [7, 11) is 0. The van der Waals surface area contributed by atoms with E-state index < -0.39 is 5.41 Å². The van der Waals surface area contributed by atoms with Crippen molar-refractivity contribution >= 4 is 93.6 Å². The van der Waals surface area contributed by atoms with Gasteiger partial charge in [0.25, 0.3) is 0 Å². The molecule has 2 unspecified atom stereocenters. The van der Waals surface area contributed by atoms with E-state index in [4.69, 9.17) is 48.9 Å². The van der Waals surface area contributed by atoms with E-state index in [1.807, 2.05) is 0 Å². The van der Waals surface area contributed by atoms with Crippen molar-refractivity contribution in [1.29, 1.82) is 0 Å². The minimum absolute atomic E-state index is 0.246. The highest BCUT2D eigenvalue weighted by atomic mass is 32.1. The van der Waals surface area contributed by atoms with Crippen LogP contribution in [-0.2, 0) is 0 Å². The number of thiocarbonyl (C=S) groups is 4. The van der Waals surface area contributed by atoms with Crippen molar-refractivity contribution in [2.75, 3.05) is 11.5 Å². The van der Waals surface area contributed by atoms with E-state index in [1.54, 1.807) is 0 Å². The Bertz CT molecular complexity index is 384. The van der Waals surface area contributed by atoms with E-state index in [0.29, 0.717) is 0 Å². The molecular weight excluding hydrogens is 325 g/mol. The van der Waals surface area contributed by atoms with E-state index in [0.717, 1.165) is 43.8 Å². The summed E-state index contributed by atoms with van der Waals surface area (Å²) in [5.74, 6) is 1.93. The van der Waals surface area contributed by atoms with Crippen LogP contribution in [0.2, 0.25) is 0 Å². The smallest absolute Gasteiger partial charge is 0.0958 e. The lowest BCUT2D eigenvalue weighted by Crippen LogP contribution is -2.42. The maximum absolute atomic E-state index is 5.61. The van der Waals surface area contributed by atoms with Gasteiger partial charge in [0.05, 0.1) is 5.41 Å². The summed E-state index contributed by atoms with van der Waals surface area (Å²) in [5.41, 5.74) is -0.504. The maximum atomic E-state index is 5.61. The first kappa shape index (κ1) is 14.5. The average molecular weight is 337 g/mol. The van der Waals surface area contributed by atoms with Crippen molar-refractivity contribution in [2.45, 2.75) is 12.8 Å². The Morgan fingerprint density at radius 2 is 1.24 bits per heavy atom. The number of hydrogen-bond acceptors (Lipinski definition) is 6. The lowest BCUT2D eigenvalue weighted by Gasteiger charge is -2.26. The fraction of sp³-hybridized carbons (Fsp3) is 0.636. The molecule has 0 nitrogen and oxygen atoms in total. The van der Waals surface area contributed by atoms with Gasteiger partial charge >= 0.3 is 0 Å². The zero-order chi connectivity index (χ0) is 12.8. The van der Waals surface area contributed by atoms with Gasteiger partial charge in [-0.2, -0.15) is 25.3 Å². The highest BCUT2D eigenvalue weighted by Gasteiger charge is 2.58. The maximum Gasteiger partial charge on any atom is 0.0958 e. The van der Waals surface area contributed by atoms with E-state index in [9.17, 15) is 0 Å². The first-order valence-corrected chi connectivity index (χ1v) is 8.26. The Kier molecular flexibility index (Phi) is 4.43. The van der Waals surface area contributed by atoms with Gasteiger partial charge in [-0.15, -0.1) is 0 Å². The van der Waals surface area contributed by atoms with Crippen molar-refractivity contribution in [3.8, 4) is 0 Å². The minimum atomic E-state index is -0.504. The molecule has 0 N–H and O–H groups in total. The number of hydrogen-bond donors (Lipinski definition) is 2. The molecule has 2 saturated carbocycles. The molecule has 92 valence electrons. The summed E-state index contributed by atoms with van der Waals surface area (Å²) in [6.45, 7) is 0. The molecule has 17 heavy (non-hydrogen) atoms. The Balaban J connectivity index is 2.49. The van der Waals surface area contributed by atoms with Crippen molar-refractivity contribution < 1.29 is 0 Å². The third kappa shape index (κ3) is 1.91. The van der Waals surface area contributed by atoms with Crippen LogP contribution in [0.5, 0.6) is 0 Å². The van der Waals surface area contributed by atoms with Crippen LogP contribution in [0.15, 0.2) is 0 Å². The van der Waals surface area contributed by atoms with E-state index >= 15 is 0 Å². The summed E-state index contributed by atoms with van der Waals surface area (Å²) >= 11 is 31.0. The topological polar surface area (TPSA) is 0 Å². The van der Waals surface area contributed by atoms with Crippen molar-refractivity contribution in [3.63, 3.8) is 0 Å². The quantitative estimate of drug-likeness (QED) is 0.586. The summed E-state index contributed by atoms with van der Waals surface area (Å²) in [4.78, 5) is 3.66. The Morgan fingerprint density at radius 3 is 1.47 bits per heavy atom. The Morgan fingerprint density at radius 1 is 0.882 bits per heavy atom. The molecule has 0 bridgehead atoms. The molecular formula is C11H12S6. The zero-order valence-corrected chi connectivity index (χ0v) is 14.1. The molecule has 1 spiro atoms. The molecule has 0 aromatic rings. The third-order valence-electron chi connectivity index (χ3n) is 3.62. The lowest BCUT2D eigenvalue weighted by molar-refractivity contribution is 0.871. The van der Waals surface area contributed by atoms with Gasteiger partial charge in [0.1, 0.15) is 0 Å². The Hall–Kier alpha value is 1.06. The van der Waals surface area contributed by atoms with Crippen molar-refractivity contribution in [1.82, 2.24) is 0 Å². The normalized spacial score (nSPS) is 37.5. The van der Waals surface area contributed by atoms with Crippen molar-refractivity contribution in [3.05, 3.63) is 0 Å². The van der Waals surface area contributed by atoms with Gasteiger partial charge in [0, 0.05) is 31.3 Å². The van der Waals surface area contributed by atoms with Crippen LogP contribution in [0.25, 0.3) is 0 Å². The molecule has 0 aromatic heterocycles. The van der Waals surface area contributed by atoms with Gasteiger partial charge in [-0.3, -0.25) is 0 Å². The molecule has 0 saturated heterocycles. The lowest BCUT2D eigenvalue weighted by atomic mass is 9.82. The van der Waals surface area contributed by atoms with Gasteiger partial charge < -0.3 is 0 Å². The van der Waals surface area contributed by atoms with Crippen LogP contribution in [0.3, 0.4) is 0 Å². The molecule has 2 aliphatic rings. The van der Waals surface area contributed by atoms with Crippen LogP contribution < -0.4 is 0 Å². The molecule has 0 amide bonds. The van der Waals surface area contributed by atoms with E-state index in [-0.39, 0.29) is 11.8 Å². The highest BCUT2D eigenvalue weighted by molar-refractivity contribution is 7.87. The van der Waals surface area contributed by atoms with Gasteiger partial charge in [-0.1, -0.05) is 48.9 Å². The fourth-order valence-electron chi connectivity index (χ4n) is 2.67. The number of rotatable bonds is 2. The minimum Gasteiger partial charge on any atom is -0.179 e. The van der Waals surface area contributed by atoms with Crippen LogP contribution >= 0.6 is 74.1 Å². The molecule has 0 heterocycles. The molecule has 6 heteroatoms. The zero-order valence-electron chi connectivity index (χ0n) is 9.01. The van der Waals surface area contributed by atoms with E-state index in [1.165, 1.54) is 0 Å². The standard InChI is InChI=1S/C11H12S6/c12-3-5-1-7(14)11(9(5)16)8(15)2-6(4-13)10(11)17/h5-6,12-13H,1-4H2. The first-order chi connectivity index (χ1) is 7.99. The van der Waals surface area contributed by atoms with Crippen LogP contribution in [-0.4, -0.2) is 31.0 Å². The van der Waals surface area contributed by atoms with E-state index in [2.05, 4.69) is 25.3 Å². The van der Waals surface area contributed by atoms with Crippen LogP contribution in [0.4, 0.5) is 0 Å². The predicted octanol–water partition coefficient (Wildman–Crippen LogP) is 3.35. The average Bonchev–Trinajstić information content (AvgIpc) is 2.71. The molecule has 2 rings (SSSR count). The second kappa shape index (κ2) is 5.21. The van der Waals surface area contributed by atoms with Gasteiger partial charge in [0.2, 0.25) is 0 Å². The SMILES string of the molecule is S=C1CC(CS)C(=S)C12C(=S)CC(CS)C2=S. The highest BCUT2D eigenvalue weighted by Crippen LogP contribution is 2.48. The van der Waals surface area contributed by atoms with Gasteiger partial charge in [-0.05, 0) is 24.3 Å². The molecule has 2 fully saturated rings. The summed E-state index contributed by atoms with van der Waals surface area (Å²) in [6, 6.07) is 0. The molecule has 0 radical (unpaired) electrons. The molecule has 2 atom stereocenters. The summed E-state index contributed by atoms with van der Waals surface area (Å²) in [5, 5.41) is 0. The third-order valence-corrected chi connectivity index (χ3v) is 6.73. The Labute approximate surface area is 134 Å². The largest absolute Gasteiger partial charge is 0.179 e. The van der Waals surface area contributed by atoms with Gasteiger partial charge in [-0.25, -0.2) is 0 Å². The van der Waals surface area contributed by atoms with Crippen molar-refractivity contribution in [2.24, 2.45) is 17.3 Å². The predicted molar refractivity (Wildman–Crippen MR) is 96.7 cm³/mol. The molecule has 0 aromatic carbocycles. The first-order valence-electron chi connectivity index (χ1n) is 5.37.